The van der Waals surface area contributed by atoms with Gasteiger partial charge in [-0.15, -0.1) is 0 Å². The SMILES string of the molecule is Cc1[nH]nc2ccc(-c3ccc4nc(CN5CC=C(c6cccc(OCc7ccc(Cl)cc7F)n6)CC5)n(CC5CCO5)c4c3)cc12. The molecule has 8 nitrogen and oxygen atoms in total. The predicted molar refractivity (Wildman–Crippen MR) is 182 cm³/mol. The molecule has 3 aromatic heterocycles. The molecule has 1 atom stereocenters. The topological polar surface area (TPSA) is 81.1 Å². The fourth-order valence-corrected chi connectivity index (χ4v) is 6.54. The third-order valence-corrected chi connectivity index (χ3v) is 9.42. The van der Waals surface area contributed by atoms with E-state index in [0.29, 0.717) is 16.5 Å². The molecular formula is C37H34ClFN6O2. The lowest BCUT2D eigenvalue weighted by Crippen LogP contribution is -2.33. The zero-order valence-corrected chi connectivity index (χ0v) is 26.8. The maximum absolute atomic E-state index is 14.2. The standard InChI is InChI=1S/C37H34ClFN6O2/c1-23-30-17-25(6-9-33(30)43-42-23)26-7-10-34-35(18-26)45(20-29-13-16-46-29)36(40-34)21-44-14-11-24(12-15-44)32-3-2-4-37(41-32)47-22-27-5-8-28(38)19-31(27)39/h2-11,17-19,29H,12-16,20-22H2,1H3,(H,42,43). The summed E-state index contributed by atoms with van der Waals surface area (Å²) in [5, 5.41) is 8.97. The molecule has 238 valence electrons. The minimum Gasteiger partial charge on any atom is -0.473 e. The third kappa shape index (κ3) is 6.14. The minimum atomic E-state index is -0.389. The Labute approximate surface area is 276 Å². The maximum Gasteiger partial charge on any atom is 0.214 e. The molecule has 0 aliphatic carbocycles. The van der Waals surface area contributed by atoms with Gasteiger partial charge in [-0.1, -0.05) is 41.9 Å². The Morgan fingerprint density at radius 3 is 2.66 bits per heavy atom. The van der Waals surface area contributed by atoms with E-state index in [4.69, 9.17) is 31.0 Å². The minimum absolute atomic E-state index is 0.0833. The van der Waals surface area contributed by atoms with Gasteiger partial charge in [-0.3, -0.25) is 10.00 Å². The van der Waals surface area contributed by atoms with Crippen molar-refractivity contribution in [3.05, 3.63) is 112 Å². The van der Waals surface area contributed by atoms with E-state index < -0.39 is 0 Å². The van der Waals surface area contributed by atoms with Gasteiger partial charge in [0.25, 0.3) is 0 Å². The van der Waals surface area contributed by atoms with Crippen LogP contribution in [-0.2, 0) is 24.4 Å². The van der Waals surface area contributed by atoms with Gasteiger partial charge in [0.2, 0.25) is 5.88 Å². The number of imidazole rings is 1. The van der Waals surface area contributed by atoms with E-state index in [1.165, 1.54) is 11.6 Å². The third-order valence-electron chi connectivity index (χ3n) is 9.19. The Morgan fingerprint density at radius 1 is 1.02 bits per heavy atom. The smallest absolute Gasteiger partial charge is 0.214 e. The molecule has 0 saturated carbocycles. The number of benzene rings is 3. The zero-order valence-electron chi connectivity index (χ0n) is 26.0. The van der Waals surface area contributed by atoms with Crippen LogP contribution >= 0.6 is 11.6 Å². The Morgan fingerprint density at radius 2 is 1.87 bits per heavy atom. The van der Waals surface area contributed by atoms with Gasteiger partial charge >= 0.3 is 0 Å². The highest BCUT2D eigenvalue weighted by Crippen LogP contribution is 2.31. The zero-order chi connectivity index (χ0) is 31.9. The molecule has 0 radical (unpaired) electrons. The van der Waals surface area contributed by atoms with Crippen LogP contribution in [0.25, 0.3) is 38.6 Å². The summed E-state index contributed by atoms with van der Waals surface area (Å²) in [4.78, 5) is 12.3. The molecule has 2 aliphatic heterocycles. The van der Waals surface area contributed by atoms with E-state index in [9.17, 15) is 4.39 Å². The highest BCUT2D eigenvalue weighted by Gasteiger charge is 2.24. The quantitative estimate of drug-likeness (QED) is 0.173. The summed E-state index contributed by atoms with van der Waals surface area (Å²) in [7, 11) is 0. The lowest BCUT2D eigenvalue weighted by molar-refractivity contribution is -0.0591. The summed E-state index contributed by atoms with van der Waals surface area (Å²) in [5.74, 6) is 1.13. The summed E-state index contributed by atoms with van der Waals surface area (Å²) in [6.45, 7) is 6.16. The van der Waals surface area contributed by atoms with Crippen molar-refractivity contribution >= 4 is 39.1 Å². The monoisotopic (exact) mass is 648 g/mol. The van der Waals surface area contributed by atoms with Gasteiger partial charge in [-0.2, -0.15) is 5.10 Å². The molecule has 8 rings (SSSR count). The number of aromatic nitrogens is 5. The average Bonchev–Trinajstić information content (AvgIpc) is 3.61. The lowest BCUT2D eigenvalue weighted by atomic mass is 10.0. The number of rotatable bonds is 9. The highest BCUT2D eigenvalue weighted by molar-refractivity contribution is 6.30. The molecule has 10 heteroatoms. The molecule has 3 aromatic carbocycles. The van der Waals surface area contributed by atoms with Gasteiger partial charge in [-0.25, -0.2) is 14.4 Å². The van der Waals surface area contributed by atoms with Crippen molar-refractivity contribution in [3.8, 4) is 17.0 Å². The van der Waals surface area contributed by atoms with Crippen LogP contribution in [0.2, 0.25) is 5.02 Å². The number of aromatic amines is 1. The molecule has 47 heavy (non-hydrogen) atoms. The molecule has 1 N–H and O–H groups in total. The van der Waals surface area contributed by atoms with Crippen LogP contribution in [0.4, 0.5) is 4.39 Å². The number of nitrogens with one attached hydrogen (secondary N) is 1. The number of nitrogens with zero attached hydrogens (tertiary/aromatic N) is 5. The highest BCUT2D eigenvalue weighted by atomic mass is 35.5. The Balaban J connectivity index is 0.999. The molecule has 1 fully saturated rings. The fraction of sp³-hybridized carbons (Fsp3) is 0.270. The maximum atomic E-state index is 14.2. The second-order valence-corrected chi connectivity index (χ2v) is 12.7. The van der Waals surface area contributed by atoms with Crippen molar-refractivity contribution < 1.29 is 13.9 Å². The number of H-pyrrole nitrogens is 1. The molecule has 5 heterocycles. The summed E-state index contributed by atoms with van der Waals surface area (Å²) < 4.78 is 28.3. The number of fused-ring (bicyclic) bond motifs is 2. The Bertz CT molecular complexity index is 2130. The van der Waals surface area contributed by atoms with E-state index in [0.717, 1.165) is 95.9 Å². The van der Waals surface area contributed by atoms with Crippen molar-refractivity contribution in [2.75, 3.05) is 19.7 Å². The summed E-state index contributed by atoms with van der Waals surface area (Å²) in [5.41, 5.74) is 8.98. The van der Waals surface area contributed by atoms with Crippen molar-refractivity contribution in [2.24, 2.45) is 0 Å². The van der Waals surface area contributed by atoms with Crippen LogP contribution < -0.4 is 4.74 Å². The average molecular weight is 649 g/mol. The summed E-state index contributed by atoms with van der Waals surface area (Å²) in [6, 6.07) is 23.3. The van der Waals surface area contributed by atoms with Crippen molar-refractivity contribution in [2.45, 2.75) is 45.6 Å². The van der Waals surface area contributed by atoms with E-state index >= 15 is 0 Å². The predicted octanol–water partition coefficient (Wildman–Crippen LogP) is 7.73. The van der Waals surface area contributed by atoms with Crippen molar-refractivity contribution in [1.82, 2.24) is 29.6 Å². The van der Waals surface area contributed by atoms with E-state index in [-0.39, 0.29) is 18.5 Å². The fourth-order valence-electron chi connectivity index (χ4n) is 6.38. The van der Waals surface area contributed by atoms with Gasteiger partial charge in [0.1, 0.15) is 18.2 Å². The molecule has 6 aromatic rings. The summed E-state index contributed by atoms with van der Waals surface area (Å²) >= 11 is 5.88. The molecule has 1 saturated heterocycles. The first kappa shape index (κ1) is 29.8. The Hall–Kier alpha value is -4.57. The molecule has 1 unspecified atom stereocenters. The number of hydrogen-bond donors (Lipinski definition) is 1. The molecule has 0 spiro atoms. The molecule has 0 bridgehead atoms. The van der Waals surface area contributed by atoms with Crippen molar-refractivity contribution in [1.29, 1.82) is 0 Å². The van der Waals surface area contributed by atoms with Gasteiger partial charge in [0, 0.05) is 47.4 Å². The van der Waals surface area contributed by atoms with E-state index in [2.05, 4.69) is 69.1 Å². The van der Waals surface area contributed by atoms with Crippen LogP contribution in [0.1, 0.15) is 35.6 Å². The van der Waals surface area contributed by atoms with Gasteiger partial charge in [0.15, 0.2) is 0 Å². The van der Waals surface area contributed by atoms with Gasteiger partial charge in [-0.05, 0) is 78.9 Å². The second kappa shape index (κ2) is 12.6. The number of halogens is 2. The Kier molecular flexibility index (Phi) is 7.97. The molecular weight excluding hydrogens is 615 g/mol. The van der Waals surface area contributed by atoms with Crippen molar-refractivity contribution in [3.63, 3.8) is 0 Å². The first-order valence-corrected chi connectivity index (χ1v) is 16.4. The molecule has 0 amide bonds. The summed E-state index contributed by atoms with van der Waals surface area (Å²) in [6.07, 6.45) is 4.37. The van der Waals surface area contributed by atoms with Crippen LogP contribution in [-0.4, -0.2) is 55.4 Å². The van der Waals surface area contributed by atoms with Crippen LogP contribution in [0, 0.1) is 12.7 Å². The number of pyridine rings is 1. The van der Waals surface area contributed by atoms with Gasteiger partial charge < -0.3 is 14.0 Å². The normalized spacial score (nSPS) is 16.8. The number of ether oxygens (including phenoxy) is 2. The van der Waals surface area contributed by atoms with Crippen LogP contribution in [0.15, 0.2) is 78.9 Å². The van der Waals surface area contributed by atoms with Crippen LogP contribution in [0.3, 0.4) is 0 Å². The van der Waals surface area contributed by atoms with E-state index in [1.54, 1.807) is 18.2 Å². The first-order valence-electron chi connectivity index (χ1n) is 16.0. The number of hydrogen-bond acceptors (Lipinski definition) is 6. The molecule has 2 aliphatic rings. The lowest BCUT2D eigenvalue weighted by Gasteiger charge is -2.29. The second-order valence-electron chi connectivity index (χ2n) is 12.3. The van der Waals surface area contributed by atoms with E-state index in [1.807, 2.05) is 12.1 Å². The van der Waals surface area contributed by atoms with Gasteiger partial charge in [0.05, 0.1) is 41.4 Å². The first-order chi connectivity index (χ1) is 23.0. The largest absolute Gasteiger partial charge is 0.473 e. The number of aryl methyl sites for hydroxylation is 1. The van der Waals surface area contributed by atoms with Crippen LogP contribution in [0.5, 0.6) is 5.88 Å².